The average molecular weight is 274 g/mol. The van der Waals surface area contributed by atoms with Gasteiger partial charge in [0.05, 0.1) is 5.01 Å². The lowest BCUT2D eigenvalue weighted by Crippen LogP contribution is -2.22. The summed E-state index contributed by atoms with van der Waals surface area (Å²) in [5.74, 6) is 1.12. The Bertz CT molecular complexity index is 453. The largest absolute Gasteiger partial charge is 0.316 e. The molecular formula is C16H22N2S. The van der Waals surface area contributed by atoms with Crippen LogP contribution < -0.4 is 5.32 Å². The van der Waals surface area contributed by atoms with Crippen molar-refractivity contribution in [3.05, 3.63) is 52.5 Å². The van der Waals surface area contributed by atoms with Crippen molar-refractivity contribution >= 4 is 11.3 Å². The molecule has 0 aliphatic heterocycles. The summed E-state index contributed by atoms with van der Waals surface area (Å²) in [4.78, 5) is 4.36. The fraction of sp³-hybridized carbons (Fsp3) is 0.438. The van der Waals surface area contributed by atoms with Crippen LogP contribution in [0.3, 0.4) is 0 Å². The molecule has 0 saturated heterocycles. The maximum absolute atomic E-state index is 4.36. The highest BCUT2D eigenvalue weighted by atomic mass is 32.1. The van der Waals surface area contributed by atoms with Crippen molar-refractivity contribution in [1.82, 2.24) is 10.3 Å². The fourth-order valence-corrected chi connectivity index (χ4v) is 2.85. The highest BCUT2D eigenvalue weighted by molar-refractivity contribution is 7.09. The molecule has 2 unspecified atom stereocenters. The Labute approximate surface area is 119 Å². The van der Waals surface area contributed by atoms with E-state index in [0.29, 0.717) is 11.8 Å². The molecule has 1 N–H and O–H groups in total. The zero-order valence-electron chi connectivity index (χ0n) is 11.7. The van der Waals surface area contributed by atoms with Gasteiger partial charge < -0.3 is 5.32 Å². The van der Waals surface area contributed by atoms with Crippen LogP contribution in [-0.2, 0) is 0 Å². The van der Waals surface area contributed by atoms with Crippen LogP contribution in [0.25, 0.3) is 0 Å². The monoisotopic (exact) mass is 274 g/mol. The van der Waals surface area contributed by atoms with Gasteiger partial charge in [0.15, 0.2) is 0 Å². The Morgan fingerprint density at radius 2 is 1.95 bits per heavy atom. The van der Waals surface area contributed by atoms with Crippen molar-refractivity contribution in [3.8, 4) is 0 Å². The van der Waals surface area contributed by atoms with Crippen LogP contribution in [0, 0.1) is 0 Å². The minimum atomic E-state index is 0.507. The molecule has 0 aliphatic rings. The molecular weight excluding hydrogens is 252 g/mol. The predicted octanol–water partition coefficient (Wildman–Crippen LogP) is 4.03. The molecule has 19 heavy (non-hydrogen) atoms. The van der Waals surface area contributed by atoms with E-state index in [1.165, 1.54) is 17.0 Å². The molecule has 0 fully saturated rings. The first-order chi connectivity index (χ1) is 9.27. The molecule has 0 bridgehead atoms. The van der Waals surface area contributed by atoms with Crippen LogP contribution in [0.1, 0.15) is 42.7 Å². The first kappa shape index (κ1) is 14.2. The summed E-state index contributed by atoms with van der Waals surface area (Å²) in [6.45, 7) is 6.59. The van der Waals surface area contributed by atoms with E-state index in [4.69, 9.17) is 0 Å². The molecule has 1 heterocycles. The fourth-order valence-electron chi connectivity index (χ4n) is 2.15. The Morgan fingerprint density at radius 3 is 2.63 bits per heavy atom. The summed E-state index contributed by atoms with van der Waals surface area (Å²) in [7, 11) is 0. The Balaban J connectivity index is 1.67. The Kier molecular flexibility index (Phi) is 5.55. The number of thiazole rings is 1. The highest BCUT2D eigenvalue weighted by Crippen LogP contribution is 2.18. The Hall–Kier alpha value is -1.19. The normalized spacial score (nSPS) is 14.2. The van der Waals surface area contributed by atoms with Gasteiger partial charge >= 0.3 is 0 Å². The smallest absolute Gasteiger partial charge is 0.0965 e. The van der Waals surface area contributed by atoms with Crippen LogP contribution in [-0.4, -0.2) is 18.1 Å². The van der Waals surface area contributed by atoms with Crippen molar-refractivity contribution in [1.29, 1.82) is 0 Å². The van der Waals surface area contributed by atoms with Gasteiger partial charge in [-0.05, 0) is 24.4 Å². The van der Waals surface area contributed by atoms with Crippen LogP contribution in [0.2, 0.25) is 0 Å². The quantitative estimate of drug-likeness (QED) is 0.771. The lowest BCUT2D eigenvalue weighted by atomic mass is 9.98. The minimum absolute atomic E-state index is 0.507. The van der Waals surface area contributed by atoms with Gasteiger partial charge in [-0.1, -0.05) is 44.2 Å². The molecule has 0 amide bonds. The number of benzene rings is 1. The number of nitrogens with one attached hydrogen (secondary N) is 1. The van der Waals surface area contributed by atoms with Crippen LogP contribution in [0.5, 0.6) is 0 Å². The van der Waals surface area contributed by atoms with E-state index in [2.05, 4.69) is 54.5 Å². The van der Waals surface area contributed by atoms with Crippen molar-refractivity contribution in [3.63, 3.8) is 0 Å². The molecule has 3 heteroatoms. The average Bonchev–Trinajstić information content (AvgIpc) is 2.98. The van der Waals surface area contributed by atoms with Gasteiger partial charge in [0, 0.05) is 24.0 Å². The standard InChI is InChI=1S/C16H22N2S/c1-13(15-6-4-3-5-7-15)8-9-17-12-14(2)16-18-10-11-19-16/h3-7,10-11,13-14,17H,8-9,12H2,1-2H3. The lowest BCUT2D eigenvalue weighted by molar-refractivity contribution is 0.563. The van der Waals surface area contributed by atoms with E-state index in [9.17, 15) is 0 Å². The molecule has 0 spiro atoms. The van der Waals surface area contributed by atoms with Gasteiger partial charge in [-0.3, -0.25) is 0 Å². The molecule has 1 aromatic heterocycles. The second-order valence-corrected chi connectivity index (χ2v) is 6.00. The van der Waals surface area contributed by atoms with E-state index >= 15 is 0 Å². The summed E-state index contributed by atoms with van der Waals surface area (Å²) in [6, 6.07) is 10.7. The summed E-state index contributed by atoms with van der Waals surface area (Å²) < 4.78 is 0. The van der Waals surface area contributed by atoms with Gasteiger partial charge in [0.1, 0.15) is 0 Å². The zero-order valence-corrected chi connectivity index (χ0v) is 12.5. The summed E-state index contributed by atoms with van der Waals surface area (Å²) in [6.07, 6.45) is 3.06. The van der Waals surface area contributed by atoms with Crippen LogP contribution >= 0.6 is 11.3 Å². The minimum Gasteiger partial charge on any atom is -0.316 e. The van der Waals surface area contributed by atoms with Crippen molar-refractivity contribution < 1.29 is 0 Å². The summed E-state index contributed by atoms with van der Waals surface area (Å²) in [5, 5.41) is 6.81. The summed E-state index contributed by atoms with van der Waals surface area (Å²) >= 11 is 1.74. The number of rotatable bonds is 7. The molecule has 0 saturated carbocycles. The molecule has 2 rings (SSSR count). The van der Waals surface area contributed by atoms with E-state index in [1.807, 2.05) is 11.6 Å². The van der Waals surface area contributed by atoms with Crippen LogP contribution in [0.4, 0.5) is 0 Å². The van der Waals surface area contributed by atoms with E-state index in [1.54, 1.807) is 11.3 Å². The molecule has 2 aromatic rings. The predicted molar refractivity (Wildman–Crippen MR) is 82.9 cm³/mol. The number of hydrogen-bond acceptors (Lipinski definition) is 3. The first-order valence-electron chi connectivity index (χ1n) is 6.92. The van der Waals surface area contributed by atoms with E-state index in [-0.39, 0.29) is 0 Å². The number of hydrogen-bond donors (Lipinski definition) is 1. The second-order valence-electron chi connectivity index (χ2n) is 5.08. The molecule has 1 aromatic carbocycles. The van der Waals surface area contributed by atoms with Gasteiger partial charge in [-0.25, -0.2) is 4.98 Å². The lowest BCUT2D eigenvalue weighted by Gasteiger charge is -2.14. The maximum atomic E-state index is 4.36. The third-order valence-electron chi connectivity index (χ3n) is 3.45. The van der Waals surface area contributed by atoms with E-state index < -0.39 is 0 Å². The van der Waals surface area contributed by atoms with Gasteiger partial charge in [-0.15, -0.1) is 11.3 Å². The third-order valence-corrected chi connectivity index (χ3v) is 4.45. The highest BCUT2D eigenvalue weighted by Gasteiger charge is 2.08. The molecule has 2 atom stereocenters. The van der Waals surface area contributed by atoms with Gasteiger partial charge in [0.2, 0.25) is 0 Å². The topological polar surface area (TPSA) is 24.9 Å². The van der Waals surface area contributed by atoms with Crippen molar-refractivity contribution in [2.45, 2.75) is 32.1 Å². The maximum Gasteiger partial charge on any atom is 0.0965 e. The number of aromatic nitrogens is 1. The van der Waals surface area contributed by atoms with Crippen molar-refractivity contribution in [2.24, 2.45) is 0 Å². The first-order valence-corrected chi connectivity index (χ1v) is 7.80. The zero-order chi connectivity index (χ0) is 13.5. The SMILES string of the molecule is CC(CCNCC(C)c1nccs1)c1ccccc1. The molecule has 0 aliphatic carbocycles. The van der Waals surface area contributed by atoms with E-state index in [0.717, 1.165) is 13.1 Å². The molecule has 0 radical (unpaired) electrons. The third kappa shape index (κ3) is 4.44. The van der Waals surface area contributed by atoms with Gasteiger partial charge in [-0.2, -0.15) is 0 Å². The summed E-state index contributed by atoms with van der Waals surface area (Å²) in [5.41, 5.74) is 1.43. The second kappa shape index (κ2) is 7.41. The number of nitrogens with zero attached hydrogens (tertiary/aromatic N) is 1. The van der Waals surface area contributed by atoms with Gasteiger partial charge in [0.25, 0.3) is 0 Å². The molecule has 102 valence electrons. The molecule has 2 nitrogen and oxygen atoms in total. The van der Waals surface area contributed by atoms with Crippen LogP contribution in [0.15, 0.2) is 41.9 Å². The Morgan fingerprint density at radius 1 is 1.16 bits per heavy atom. The van der Waals surface area contributed by atoms with Crippen molar-refractivity contribution in [2.75, 3.05) is 13.1 Å².